The average molecular weight is 369 g/mol. The van der Waals surface area contributed by atoms with Crippen molar-refractivity contribution in [3.63, 3.8) is 0 Å². The number of unbranched alkanes of at least 4 members (excludes halogenated alkanes) is 9. The lowest BCUT2D eigenvalue weighted by Gasteiger charge is -2.27. The van der Waals surface area contributed by atoms with Gasteiger partial charge in [0.15, 0.2) is 0 Å². The molecule has 0 aromatic rings. The Kier molecular flexibility index (Phi) is 14.2. The second kappa shape index (κ2) is 14.2. The zero-order valence-corrected chi connectivity index (χ0v) is 16.3. The van der Waals surface area contributed by atoms with Crippen molar-refractivity contribution >= 4 is 7.82 Å². The Bertz CT molecular complexity index is 333. The summed E-state index contributed by atoms with van der Waals surface area (Å²) in [6, 6.07) is 0. The van der Waals surface area contributed by atoms with Crippen molar-refractivity contribution in [1.29, 1.82) is 0 Å². The third-order valence-electron chi connectivity index (χ3n) is 3.69. The van der Waals surface area contributed by atoms with Crippen LogP contribution in [0.1, 0.15) is 85.0 Å². The molecule has 0 aromatic carbocycles. The molecule has 0 radical (unpaired) electrons. The fourth-order valence-corrected chi connectivity index (χ4v) is 3.28. The summed E-state index contributed by atoms with van der Waals surface area (Å²) in [5.74, 6) is 0. The molecule has 146 valence electrons. The molecule has 0 amide bonds. The van der Waals surface area contributed by atoms with Gasteiger partial charge in [-0.05, 0) is 20.3 Å². The van der Waals surface area contributed by atoms with Gasteiger partial charge in [0.1, 0.15) is 12.5 Å². The predicted molar refractivity (Wildman–Crippen MR) is 93.9 cm³/mol. The summed E-state index contributed by atoms with van der Waals surface area (Å²) in [4.78, 5) is 9.57. The van der Waals surface area contributed by atoms with Crippen LogP contribution in [0, 0.1) is 0 Å². The molecule has 0 heterocycles. The van der Waals surface area contributed by atoms with Crippen LogP contribution in [-0.4, -0.2) is 39.2 Å². The summed E-state index contributed by atoms with van der Waals surface area (Å²) in [6.45, 7) is 4.95. The van der Waals surface area contributed by atoms with E-state index in [0.717, 1.165) is 12.8 Å². The molecular formula is C16H36NO6P. The van der Waals surface area contributed by atoms with E-state index in [1.807, 2.05) is 0 Å². The van der Waals surface area contributed by atoms with Gasteiger partial charge in [-0.1, -0.05) is 64.7 Å². The molecule has 0 bridgehead atoms. The maximum absolute atomic E-state index is 11.7. The van der Waals surface area contributed by atoms with Crippen molar-refractivity contribution in [1.82, 2.24) is 5.06 Å². The van der Waals surface area contributed by atoms with Crippen LogP contribution in [-0.2, 0) is 13.7 Å². The van der Waals surface area contributed by atoms with Gasteiger partial charge in [0.2, 0.25) is 0 Å². The van der Waals surface area contributed by atoms with E-state index < -0.39 is 20.3 Å². The SMILES string of the molecule is CCCCCCCCCCCCOP(=O)(O)ON(C(C)O)C(C)O. The van der Waals surface area contributed by atoms with Crippen LogP contribution >= 0.6 is 7.82 Å². The highest BCUT2D eigenvalue weighted by Crippen LogP contribution is 2.45. The zero-order chi connectivity index (χ0) is 18.4. The number of aliphatic hydroxyl groups excluding tert-OH is 2. The molecule has 3 unspecified atom stereocenters. The number of rotatable bonds is 16. The minimum Gasteiger partial charge on any atom is -0.376 e. The van der Waals surface area contributed by atoms with Crippen molar-refractivity contribution in [2.24, 2.45) is 0 Å². The Morgan fingerprint density at radius 1 is 0.875 bits per heavy atom. The monoisotopic (exact) mass is 369 g/mol. The van der Waals surface area contributed by atoms with Gasteiger partial charge in [-0.25, -0.2) is 4.57 Å². The van der Waals surface area contributed by atoms with Crippen LogP contribution in [0.15, 0.2) is 0 Å². The van der Waals surface area contributed by atoms with Crippen molar-refractivity contribution in [2.75, 3.05) is 6.61 Å². The summed E-state index contributed by atoms with van der Waals surface area (Å²) >= 11 is 0. The van der Waals surface area contributed by atoms with Crippen LogP contribution < -0.4 is 0 Å². The zero-order valence-electron chi connectivity index (χ0n) is 15.4. The normalized spacial score (nSPS) is 17.0. The molecule has 0 saturated heterocycles. The van der Waals surface area contributed by atoms with Gasteiger partial charge in [-0.2, -0.15) is 4.62 Å². The first-order valence-corrected chi connectivity index (χ1v) is 10.6. The van der Waals surface area contributed by atoms with Crippen LogP contribution in [0.2, 0.25) is 0 Å². The molecule has 0 aliphatic rings. The van der Waals surface area contributed by atoms with Crippen molar-refractivity contribution in [2.45, 2.75) is 97.4 Å². The summed E-state index contributed by atoms with van der Waals surface area (Å²) in [5.41, 5.74) is 0. The number of hydrogen-bond donors (Lipinski definition) is 3. The molecule has 0 rings (SSSR count). The third-order valence-corrected chi connectivity index (χ3v) is 4.59. The smallest absolute Gasteiger partial charge is 0.376 e. The highest BCUT2D eigenvalue weighted by atomic mass is 31.2. The number of phosphoric ester groups is 1. The maximum Gasteiger partial charge on any atom is 0.489 e. The van der Waals surface area contributed by atoms with Gasteiger partial charge in [0.25, 0.3) is 0 Å². The average Bonchev–Trinajstić information content (AvgIpc) is 2.50. The summed E-state index contributed by atoms with van der Waals surface area (Å²) in [5, 5.41) is 19.3. The molecule has 24 heavy (non-hydrogen) atoms. The molecule has 8 heteroatoms. The number of hydroxylamine groups is 2. The lowest BCUT2D eigenvalue weighted by atomic mass is 10.1. The molecule has 0 saturated carbocycles. The first-order chi connectivity index (χ1) is 11.3. The minimum absolute atomic E-state index is 0.109. The Hall–Kier alpha value is -0.0100. The van der Waals surface area contributed by atoms with Crippen LogP contribution in [0.5, 0.6) is 0 Å². The number of phosphoric acid groups is 1. The van der Waals surface area contributed by atoms with Gasteiger partial charge in [0.05, 0.1) is 6.61 Å². The second-order valence-electron chi connectivity index (χ2n) is 6.19. The third kappa shape index (κ3) is 13.3. The molecule has 3 atom stereocenters. The van der Waals surface area contributed by atoms with Gasteiger partial charge >= 0.3 is 7.82 Å². The highest BCUT2D eigenvalue weighted by molar-refractivity contribution is 7.47. The van der Waals surface area contributed by atoms with E-state index in [4.69, 9.17) is 4.52 Å². The van der Waals surface area contributed by atoms with Crippen LogP contribution in [0.25, 0.3) is 0 Å². The molecular weight excluding hydrogens is 333 g/mol. The Labute approximate surface area is 146 Å². The fourth-order valence-electron chi connectivity index (χ4n) is 2.36. The number of nitrogens with zero attached hydrogens (tertiary/aromatic N) is 1. The molecule has 0 aliphatic heterocycles. The first kappa shape index (κ1) is 24.0. The molecule has 7 nitrogen and oxygen atoms in total. The van der Waals surface area contributed by atoms with Crippen LogP contribution in [0.4, 0.5) is 0 Å². The molecule has 0 aliphatic carbocycles. The Morgan fingerprint density at radius 2 is 1.29 bits per heavy atom. The lowest BCUT2D eigenvalue weighted by Crippen LogP contribution is -2.39. The van der Waals surface area contributed by atoms with E-state index in [2.05, 4.69) is 11.5 Å². The van der Waals surface area contributed by atoms with Gasteiger partial charge in [-0.3, -0.25) is 4.52 Å². The van der Waals surface area contributed by atoms with Gasteiger partial charge in [0, 0.05) is 0 Å². The van der Waals surface area contributed by atoms with E-state index in [-0.39, 0.29) is 6.61 Å². The predicted octanol–water partition coefficient (Wildman–Crippen LogP) is 3.93. The van der Waals surface area contributed by atoms with E-state index in [9.17, 15) is 19.7 Å². The van der Waals surface area contributed by atoms with Crippen LogP contribution in [0.3, 0.4) is 0 Å². The summed E-state index contributed by atoms with van der Waals surface area (Å²) < 4.78 is 21.3. The molecule has 0 aromatic heterocycles. The van der Waals surface area contributed by atoms with Crippen molar-refractivity contribution < 1.29 is 28.8 Å². The number of aliphatic hydroxyl groups is 2. The van der Waals surface area contributed by atoms with E-state index in [1.165, 1.54) is 58.8 Å². The Morgan fingerprint density at radius 3 is 1.71 bits per heavy atom. The topological polar surface area (TPSA) is 99.5 Å². The fraction of sp³-hybridized carbons (Fsp3) is 1.00. The summed E-state index contributed by atoms with van der Waals surface area (Å²) in [6.07, 6.45) is 9.16. The minimum atomic E-state index is -4.33. The maximum atomic E-state index is 11.7. The molecule has 3 N–H and O–H groups in total. The summed E-state index contributed by atoms with van der Waals surface area (Å²) in [7, 11) is -4.33. The van der Waals surface area contributed by atoms with E-state index in [1.54, 1.807) is 0 Å². The van der Waals surface area contributed by atoms with Crippen molar-refractivity contribution in [3.05, 3.63) is 0 Å². The van der Waals surface area contributed by atoms with Crippen molar-refractivity contribution in [3.8, 4) is 0 Å². The standard InChI is InChI=1S/C16H36NO6P/c1-4-5-6-7-8-9-10-11-12-13-14-22-24(20,21)23-17(15(2)18)16(3)19/h15-16,18-19H,4-14H2,1-3H3,(H,20,21). The molecule has 0 spiro atoms. The molecule has 0 fully saturated rings. The van der Waals surface area contributed by atoms with E-state index in [0.29, 0.717) is 11.5 Å². The second-order valence-corrected chi connectivity index (χ2v) is 7.55. The van der Waals surface area contributed by atoms with Gasteiger partial charge in [-0.15, -0.1) is 5.06 Å². The highest BCUT2D eigenvalue weighted by Gasteiger charge is 2.30. The van der Waals surface area contributed by atoms with Gasteiger partial charge < -0.3 is 15.1 Å². The van der Waals surface area contributed by atoms with E-state index >= 15 is 0 Å². The lowest BCUT2D eigenvalue weighted by molar-refractivity contribution is -0.246. The Balaban J connectivity index is 3.66. The quantitative estimate of drug-likeness (QED) is 0.164. The first-order valence-electron chi connectivity index (χ1n) is 9.11. The largest absolute Gasteiger partial charge is 0.489 e. The number of hydrogen-bond acceptors (Lipinski definition) is 6.